The first kappa shape index (κ1) is 18.4. The number of ether oxygens (including phenoxy) is 1. The summed E-state index contributed by atoms with van der Waals surface area (Å²) in [5, 5.41) is 3.05. The number of hydrogen-bond acceptors (Lipinski definition) is 4. The van der Waals surface area contributed by atoms with Crippen LogP contribution in [0.5, 0.6) is 0 Å². The first-order chi connectivity index (χ1) is 11.5. The molecule has 1 amide bonds. The van der Waals surface area contributed by atoms with Crippen molar-refractivity contribution in [2.75, 3.05) is 18.2 Å². The third-order valence-electron chi connectivity index (χ3n) is 3.24. The number of methoxy groups -OCH3 is 1. The minimum absolute atomic E-state index is 0.134. The molecule has 0 aliphatic carbocycles. The summed E-state index contributed by atoms with van der Waals surface area (Å²) in [5.74, 6) is 0.420. The number of rotatable bonds is 6. The predicted molar refractivity (Wildman–Crippen MR) is 98.8 cm³/mol. The SMILES string of the molecule is COC(=O)c1cc(NC(=O)CSCc2cccc(C)c2)ccc1Cl. The van der Waals surface area contributed by atoms with E-state index in [9.17, 15) is 9.59 Å². The van der Waals surface area contributed by atoms with Gasteiger partial charge in [-0.25, -0.2) is 4.79 Å². The first-order valence-corrected chi connectivity index (χ1v) is 8.84. The van der Waals surface area contributed by atoms with Crippen LogP contribution in [0.2, 0.25) is 5.02 Å². The van der Waals surface area contributed by atoms with Crippen molar-refractivity contribution in [1.82, 2.24) is 0 Å². The molecule has 0 aromatic heterocycles. The molecule has 6 heteroatoms. The number of esters is 1. The zero-order valence-electron chi connectivity index (χ0n) is 13.5. The highest BCUT2D eigenvalue weighted by atomic mass is 35.5. The van der Waals surface area contributed by atoms with Gasteiger partial charge in [-0.15, -0.1) is 11.8 Å². The molecule has 2 aromatic rings. The lowest BCUT2D eigenvalue weighted by molar-refractivity contribution is -0.113. The summed E-state index contributed by atoms with van der Waals surface area (Å²) in [4.78, 5) is 23.6. The van der Waals surface area contributed by atoms with Gasteiger partial charge in [0.15, 0.2) is 0 Å². The fourth-order valence-electron chi connectivity index (χ4n) is 2.13. The lowest BCUT2D eigenvalue weighted by Crippen LogP contribution is -2.15. The highest BCUT2D eigenvalue weighted by molar-refractivity contribution is 7.99. The first-order valence-electron chi connectivity index (χ1n) is 7.30. The van der Waals surface area contributed by atoms with Gasteiger partial charge in [0.25, 0.3) is 0 Å². The third-order valence-corrected chi connectivity index (χ3v) is 4.57. The zero-order valence-corrected chi connectivity index (χ0v) is 15.0. The van der Waals surface area contributed by atoms with Crippen molar-refractivity contribution in [1.29, 1.82) is 0 Å². The monoisotopic (exact) mass is 363 g/mol. The third kappa shape index (κ3) is 5.28. The molecule has 0 saturated heterocycles. The van der Waals surface area contributed by atoms with Crippen LogP contribution in [0.4, 0.5) is 5.69 Å². The van der Waals surface area contributed by atoms with Crippen LogP contribution in [0, 0.1) is 6.92 Å². The molecule has 2 aromatic carbocycles. The molecule has 24 heavy (non-hydrogen) atoms. The van der Waals surface area contributed by atoms with Crippen molar-refractivity contribution < 1.29 is 14.3 Å². The van der Waals surface area contributed by atoms with E-state index in [2.05, 4.69) is 16.1 Å². The molecule has 0 bridgehead atoms. The van der Waals surface area contributed by atoms with Gasteiger partial charge in [0.05, 0.1) is 23.4 Å². The van der Waals surface area contributed by atoms with E-state index in [0.29, 0.717) is 11.4 Å². The van der Waals surface area contributed by atoms with Crippen molar-refractivity contribution in [2.24, 2.45) is 0 Å². The molecule has 0 radical (unpaired) electrons. The van der Waals surface area contributed by atoms with E-state index in [1.54, 1.807) is 12.1 Å². The molecule has 126 valence electrons. The summed E-state index contributed by atoms with van der Waals surface area (Å²) < 4.78 is 4.66. The Hall–Kier alpha value is -1.98. The van der Waals surface area contributed by atoms with Crippen LogP contribution >= 0.6 is 23.4 Å². The second kappa shape index (κ2) is 8.76. The lowest BCUT2D eigenvalue weighted by Gasteiger charge is -2.08. The van der Waals surface area contributed by atoms with Crippen LogP contribution in [-0.2, 0) is 15.3 Å². The Kier molecular flexibility index (Phi) is 6.70. The number of aryl methyl sites for hydroxylation is 1. The van der Waals surface area contributed by atoms with Crippen molar-refractivity contribution in [2.45, 2.75) is 12.7 Å². The number of halogens is 1. The van der Waals surface area contributed by atoms with Crippen LogP contribution in [0.15, 0.2) is 42.5 Å². The summed E-state index contributed by atoms with van der Waals surface area (Å²) in [6.45, 7) is 2.04. The molecule has 0 aliphatic rings. The van der Waals surface area contributed by atoms with Gasteiger partial charge < -0.3 is 10.1 Å². The summed E-state index contributed by atoms with van der Waals surface area (Å²) >= 11 is 7.48. The van der Waals surface area contributed by atoms with E-state index in [1.165, 1.54) is 36.1 Å². The minimum atomic E-state index is -0.537. The Morgan fingerprint density at radius 2 is 2.00 bits per heavy atom. The van der Waals surface area contributed by atoms with E-state index in [-0.39, 0.29) is 16.5 Å². The molecule has 0 aliphatic heterocycles. The maximum absolute atomic E-state index is 12.0. The normalized spacial score (nSPS) is 10.3. The van der Waals surface area contributed by atoms with Gasteiger partial charge in [-0.2, -0.15) is 0 Å². The summed E-state index contributed by atoms with van der Waals surface area (Å²) in [6, 6.07) is 12.9. The van der Waals surface area contributed by atoms with Gasteiger partial charge in [-0.1, -0.05) is 41.4 Å². The highest BCUT2D eigenvalue weighted by Gasteiger charge is 2.12. The molecule has 0 heterocycles. The van der Waals surface area contributed by atoms with Gasteiger partial charge in [0, 0.05) is 11.4 Å². The number of thioether (sulfide) groups is 1. The van der Waals surface area contributed by atoms with Crippen LogP contribution in [-0.4, -0.2) is 24.7 Å². The van der Waals surface area contributed by atoms with Crippen molar-refractivity contribution in [3.63, 3.8) is 0 Å². The number of carbonyl (C=O) groups excluding carboxylic acids is 2. The topological polar surface area (TPSA) is 55.4 Å². The molecule has 0 spiro atoms. The average molecular weight is 364 g/mol. The van der Waals surface area contributed by atoms with E-state index >= 15 is 0 Å². The summed E-state index contributed by atoms with van der Waals surface area (Å²) in [7, 11) is 1.28. The van der Waals surface area contributed by atoms with Crippen LogP contribution in [0.25, 0.3) is 0 Å². The van der Waals surface area contributed by atoms with E-state index in [4.69, 9.17) is 11.6 Å². The fourth-order valence-corrected chi connectivity index (χ4v) is 3.10. The second-order valence-electron chi connectivity index (χ2n) is 5.22. The minimum Gasteiger partial charge on any atom is -0.465 e. The molecule has 2 rings (SSSR count). The average Bonchev–Trinajstić information content (AvgIpc) is 2.56. The van der Waals surface area contributed by atoms with Crippen LogP contribution in [0.1, 0.15) is 21.5 Å². The van der Waals surface area contributed by atoms with Gasteiger partial charge >= 0.3 is 5.97 Å². The second-order valence-corrected chi connectivity index (χ2v) is 6.61. The van der Waals surface area contributed by atoms with Gasteiger partial charge in [0.2, 0.25) is 5.91 Å². The van der Waals surface area contributed by atoms with Gasteiger partial charge in [-0.05, 0) is 30.7 Å². The number of anilines is 1. The molecule has 0 saturated carbocycles. The quantitative estimate of drug-likeness (QED) is 0.777. The predicted octanol–water partition coefficient (Wildman–Crippen LogP) is 4.31. The number of nitrogens with one attached hydrogen (secondary N) is 1. The molecule has 4 nitrogen and oxygen atoms in total. The summed E-state index contributed by atoms with van der Waals surface area (Å²) in [6.07, 6.45) is 0. The standard InChI is InChI=1S/C18H18ClNO3S/c1-12-4-3-5-13(8-12)10-24-11-17(21)20-14-6-7-16(19)15(9-14)18(22)23-2/h3-9H,10-11H2,1-2H3,(H,20,21). The smallest absolute Gasteiger partial charge is 0.339 e. The van der Waals surface area contributed by atoms with Crippen LogP contribution in [0.3, 0.4) is 0 Å². The molecular weight excluding hydrogens is 346 g/mol. The van der Waals surface area contributed by atoms with E-state index in [1.807, 2.05) is 25.1 Å². The van der Waals surface area contributed by atoms with Crippen LogP contribution < -0.4 is 5.32 Å². The van der Waals surface area contributed by atoms with Crippen molar-refractivity contribution in [3.8, 4) is 0 Å². The zero-order chi connectivity index (χ0) is 17.5. The molecule has 0 unspecified atom stereocenters. The highest BCUT2D eigenvalue weighted by Crippen LogP contribution is 2.22. The van der Waals surface area contributed by atoms with Gasteiger partial charge in [-0.3, -0.25) is 4.79 Å². The molecule has 0 fully saturated rings. The van der Waals surface area contributed by atoms with E-state index < -0.39 is 5.97 Å². The molecule has 0 atom stereocenters. The number of amides is 1. The molecular formula is C18H18ClNO3S. The molecule has 1 N–H and O–H groups in total. The summed E-state index contributed by atoms with van der Waals surface area (Å²) in [5.41, 5.74) is 3.13. The largest absolute Gasteiger partial charge is 0.465 e. The van der Waals surface area contributed by atoms with Crippen molar-refractivity contribution in [3.05, 3.63) is 64.2 Å². The Labute approximate surface area is 150 Å². The van der Waals surface area contributed by atoms with Gasteiger partial charge in [0.1, 0.15) is 0 Å². The Bertz CT molecular complexity index is 749. The Morgan fingerprint density at radius 3 is 2.71 bits per heavy atom. The number of benzene rings is 2. The maximum Gasteiger partial charge on any atom is 0.339 e. The van der Waals surface area contributed by atoms with E-state index in [0.717, 1.165) is 5.75 Å². The number of carbonyl (C=O) groups is 2. The Balaban J connectivity index is 1.89. The van der Waals surface area contributed by atoms with Crippen molar-refractivity contribution >= 4 is 40.9 Å². The lowest BCUT2D eigenvalue weighted by atomic mass is 10.2. The number of hydrogen-bond donors (Lipinski definition) is 1. The Morgan fingerprint density at radius 1 is 1.21 bits per heavy atom. The maximum atomic E-state index is 12.0. The fraction of sp³-hybridized carbons (Fsp3) is 0.222.